The van der Waals surface area contributed by atoms with Crippen LogP contribution in [0, 0.1) is 6.92 Å². The molecule has 0 saturated heterocycles. The van der Waals surface area contributed by atoms with E-state index in [1.54, 1.807) is 12.1 Å². The van der Waals surface area contributed by atoms with E-state index in [0.29, 0.717) is 12.3 Å². The third kappa shape index (κ3) is 2.38. The third-order valence-corrected chi connectivity index (χ3v) is 3.35. The average molecular weight is 268 g/mol. The Bertz CT molecular complexity index is 732. The lowest BCUT2D eigenvalue weighted by Crippen LogP contribution is -2.13. The number of phenolic OH excluding ortho intramolecular Hbond substituents is 1. The van der Waals surface area contributed by atoms with Crippen LogP contribution in [0.2, 0.25) is 0 Å². The number of rotatable bonds is 3. The molecule has 0 amide bonds. The van der Waals surface area contributed by atoms with Gasteiger partial charge in [0, 0.05) is 0 Å². The molecule has 2 aromatic carbocycles. The van der Waals surface area contributed by atoms with Gasteiger partial charge in [-0.3, -0.25) is 0 Å². The number of oxazole rings is 1. The number of nitrogens with zero attached hydrogens (tertiary/aromatic N) is 1. The number of aromatic hydroxyl groups is 1. The fourth-order valence-corrected chi connectivity index (χ4v) is 2.24. The maximum atomic E-state index is 9.27. The standard InChI is InChI=1S/C16H16N2O2/c1-10-3-2-4-14-15(10)18-16(20-14)13(17)9-11-5-7-12(19)8-6-11/h2-8,13,19H,9,17H2,1H3. The molecule has 4 nitrogen and oxygen atoms in total. The maximum Gasteiger partial charge on any atom is 0.212 e. The van der Waals surface area contributed by atoms with E-state index in [0.717, 1.165) is 22.2 Å². The summed E-state index contributed by atoms with van der Waals surface area (Å²) in [6.45, 7) is 2.00. The van der Waals surface area contributed by atoms with E-state index in [4.69, 9.17) is 10.2 Å². The first-order valence-corrected chi connectivity index (χ1v) is 6.53. The van der Waals surface area contributed by atoms with Gasteiger partial charge in [0.15, 0.2) is 5.58 Å². The summed E-state index contributed by atoms with van der Waals surface area (Å²) in [6.07, 6.45) is 0.617. The summed E-state index contributed by atoms with van der Waals surface area (Å²) >= 11 is 0. The zero-order valence-electron chi connectivity index (χ0n) is 11.2. The third-order valence-electron chi connectivity index (χ3n) is 3.35. The quantitative estimate of drug-likeness (QED) is 0.765. The highest BCUT2D eigenvalue weighted by atomic mass is 16.3. The zero-order valence-corrected chi connectivity index (χ0v) is 11.2. The SMILES string of the molecule is Cc1cccc2oc(C(N)Cc3ccc(O)cc3)nc12. The van der Waals surface area contributed by atoms with Crippen LogP contribution < -0.4 is 5.73 Å². The molecule has 4 heteroatoms. The van der Waals surface area contributed by atoms with Crippen molar-refractivity contribution in [2.75, 3.05) is 0 Å². The Balaban J connectivity index is 1.86. The van der Waals surface area contributed by atoms with Crippen molar-refractivity contribution < 1.29 is 9.52 Å². The lowest BCUT2D eigenvalue weighted by atomic mass is 10.1. The number of hydrogen-bond acceptors (Lipinski definition) is 4. The topological polar surface area (TPSA) is 72.3 Å². The van der Waals surface area contributed by atoms with Gasteiger partial charge >= 0.3 is 0 Å². The van der Waals surface area contributed by atoms with E-state index in [1.165, 1.54) is 0 Å². The lowest BCUT2D eigenvalue weighted by Gasteiger charge is -2.07. The van der Waals surface area contributed by atoms with Crippen LogP contribution in [-0.4, -0.2) is 10.1 Å². The number of aromatic nitrogens is 1. The molecule has 0 spiro atoms. The molecule has 3 N–H and O–H groups in total. The highest BCUT2D eigenvalue weighted by molar-refractivity contribution is 5.76. The molecule has 0 saturated carbocycles. The number of hydrogen-bond donors (Lipinski definition) is 2. The highest BCUT2D eigenvalue weighted by Crippen LogP contribution is 2.24. The highest BCUT2D eigenvalue weighted by Gasteiger charge is 2.15. The maximum absolute atomic E-state index is 9.27. The second kappa shape index (κ2) is 4.98. The van der Waals surface area contributed by atoms with Crippen molar-refractivity contribution in [3.05, 3.63) is 59.5 Å². The molecule has 0 radical (unpaired) electrons. The molecule has 20 heavy (non-hydrogen) atoms. The number of nitrogens with two attached hydrogens (primary N) is 1. The van der Waals surface area contributed by atoms with E-state index in [-0.39, 0.29) is 11.8 Å². The molecule has 0 aliphatic carbocycles. The summed E-state index contributed by atoms with van der Waals surface area (Å²) in [7, 11) is 0. The van der Waals surface area contributed by atoms with Gasteiger partial charge in [0.25, 0.3) is 0 Å². The van der Waals surface area contributed by atoms with Gasteiger partial charge in [-0.05, 0) is 42.7 Å². The zero-order chi connectivity index (χ0) is 14.1. The van der Waals surface area contributed by atoms with Crippen molar-refractivity contribution in [3.63, 3.8) is 0 Å². The molecule has 0 bridgehead atoms. The minimum Gasteiger partial charge on any atom is -0.508 e. The van der Waals surface area contributed by atoms with Crippen molar-refractivity contribution in [2.24, 2.45) is 5.73 Å². The van der Waals surface area contributed by atoms with Gasteiger partial charge in [-0.15, -0.1) is 0 Å². The fourth-order valence-electron chi connectivity index (χ4n) is 2.24. The fraction of sp³-hybridized carbons (Fsp3) is 0.188. The summed E-state index contributed by atoms with van der Waals surface area (Å²) < 4.78 is 5.72. The molecular formula is C16H16N2O2. The molecular weight excluding hydrogens is 252 g/mol. The van der Waals surface area contributed by atoms with Crippen LogP contribution in [0.4, 0.5) is 0 Å². The van der Waals surface area contributed by atoms with E-state index in [9.17, 15) is 5.11 Å². The summed E-state index contributed by atoms with van der Waals surface area (Å²) in [6, 6.07) is 12.5. The van der Waals surface area contributed by atoms with Crippen molar-refractivity contribution in [3.8, 4) is 5.75 Å². The van der Waals surface area contributed by atoms with Crippen molar-refractivity contribution >= 4 is 11.1 Å². The summed E-state index contributed by atoms with van der Waals surface area (Å²) in [4.78, 5) is 4.48. The molecule has 1 unspecified atom stereocenters. The van der Waals surface area contributed by atoms with E-state index in [1.807, 2.05) is 37.3 Å². The first-order chi connectivity index (χ1) is 9.63. The smallest absolute Gasteiger partial charge is 0.212 e. The monoisotopic (exact) mass is 268 g/mol. The Kier molecular flexibility index (Phi) is 3.16. The molecule has 102 valence electrons. The normalized spacial score (nSPS) is 12.7. The van der Waals surface area contributed by atoms with Crippen LogP contribution >= 0.6 is 0 Å². The van der Waals surface area contributed by atoms with Gasteiger partial charge in [-0.2, -0.15) is 0 Å². The van der Waals surface area contributed by atoms with Gasteiger partial charge in [0.05, 0.1) is 6.04 Å². The summed E-state index contributed by atoms with van der Waals surface area (Å²) in [5, 5.41) is 9.27. The predicted molar refractivity (Wildman–Crippen MR) is 77.5 cm³/mol. The molecule has 1 heterocycles. The van der Waals surface area contributed by atoms with Gasteiger partial charge < -0.3 is 15.3 Å². The van der Waals surface area contributed by atoms with Crippen LogP contribution in [0.15, 0.2) is 46.9 Å². The number of para-hydroxylation sites is 1. The number of phenols is 1. The first kappa shape index (κ1) is 12.7. The number of benzene rings is 2. The van der Waals surface area contributed by atoms with Crippen LogP contribution in [-0.2, 0) is 6.42 Å². The number of fused-ring (bicyclic) bond motifs is 1. The molecule has 1 atom stereocenters. The molecule has 0 aliphatic rings. The van der Waals surface area contributed by atoms with Gasteiger partial charge in [0.1, 0.15) is 11.3 Å². The van der Waals surface area contributed by atoms with Crippen LogP contribution in [0.3, 0.4) is 0 Å². The van der Waals surface area contributed by atoms with Gasteiger partial charge in [-0.1, -0.05) is 24.3 Å². The minimum atomic E-state index is -0.300. The number of aryl methyl sites for hydroxylation is 1. The largest absolute Gasteiger partial charge is 0.508 e. The Morgan fingerprint density at radius 3 is 2.65 bits per heavy atom. The van der Waals surface area contributed by atoms with E-state index < -0.39 is 0 Å². The molecule has 0 fully saturated rings. The first-order valence-electron chi connectivity index (χ1n) is 6.53. The Labute approximate surface area is 116 Å². The van der Waals surface area contributed by atoms with Crippen LogP contribution in [0.1, 0.15) is 23.1 Å². The lowest BCUT2D eigenvalue weighted by molar-refractivity contribution is 0.470. The minimum absolute atomic E-state index is 0.250. The van der Waals surface area contributed by atoms with Gasteiger partial charge in [-0.25, -0.2) is 4.98 Å². The van der Waals surface area contributed by atoms with Crippen molar-refractivity contribution in [1.82, 2.24) is 4.98 Å². The predicted octanol–water partition coefficient (Wildman–Crippen LogP) is 3.08. The Hall–Kier alpha value is -2.33. The van der Waals surface area contributed by atoms with Crippen LogP contribution in [0.25, 0.3) is 11.1 Å². The Morgan fingerprint density at radius 2 is 1.95 bits per heavy atom. The van der Waals surface area contributed by atoms with E-state index in [2.05, 4.69) is 4.98 Å². The van der Waals surface area contributed by atoms with Crippen molar-refractivity contribution in [1.29, 1.82) is 0 Å². The molecule has 3 aromatic rings. The second-order valence-corrected chi connectivity index (χ2v) is 4.95. The second-order valence-electron chi connectivity index (χ2n) is 4.95. The molecule has 1 aromatic heterocycles. The van der Waals surface area contributed by atoms with Gasteiger partial charge in [0.2, 0.25) is 5.89 Å². The van der Waals surface area contributed by atoms with Crippen molar-refractivity contribution in [2.45, 2.75) is 19.4 Å². The summed E-state index contributed by atoms with van der Waals surface area (Å²) in [5.41, 5.74) is 9.90. The molecule has 0 aliphatic heterocycles. The van der Waals surface area contributed by atoms with Crippen LogP contribution in [0.5, 0.6) is 5.75 Å². The van der Waals surface area contributed by atoms with E-state index >= 15 is 0 Å². The average Bonchev–Trinajstić information content (AvgIpc) is 2.87. The molecule has 3 rings (SSSR count). The Morgan fingerprint density at radius 1 is 1.20 bits per heavy atom. The summed E-state index contributed by atoms with van der Waals surface area (Å²) in [5.74, 6) is 0.794.